The highest BCUT2D eigenvalue weighted by molar-refractivity contribution is 5.68. The summed E-state index contributed by atoms with van der Waals surface area (Å²) in [6.45, 7) is 2.50. The molecule has 1 saturated carbocycles. The van der Waals surface area contributed by atoms with Crippen molar-refractivity contribution in [1.82, 2.24) is 5.43 Å². The van der Waals surface area contributed by atoms with Gasteiger partial charge in [0, 0.05) is 17.2 Å². The fourth-order valence-corrected chi connectivity index (χ4v) is 3.49. The molecule has 0 radical (unpaired) electrons. The monoisotopic (exact) mass is 238 g/mol. The SMILES string of the molecule is CCC1=C[C@@H]2[C@H](C1)C[C@]2(CNN=O)CC(=O)O. The molecule has 2 aliphatic rings. The minimum absolute atomic E-state index is 0.115. The molecule has 0 aromatic heterocycles. The average molecular weight is 238 g/mol. The van der Waals surface area contributed by atoms with Gasteiger partial charge in [0.1, 0.15) is 0 Å². The first-order valence-corrected chi connectivity index (χ1v) is 6.08. The molecule has 2 rings (SSSR count). The van der Waals surface area contributed by atoms with Gasteiger partial charge in [-0.25, -0.2) is 0 Å². The predicted molar refractivity (Wildman–Crippen MR) is 63.1 cm³/mol. The number of carboxylic acid groups (broad SMARTS) is 1. The summed E-state index contributed by atoms with van der Waals surface area (Å²) in [6.07, 6.45) is 5.35. The van der Waals surface area contributed by atoms with Crippen LogP contribution < -0.4 is 5.43 Å². The van der Waals surface area contributed by atoms with Crippen molar-refractivity contribution in [3.8, 4) is 0 Å². The molecule has 1 fully saturated rings. The third-order valence-corrected chi connectivity index (χ3v) is 4.28. The van der Waals surface area contributed by atoms with Gasteiger partial charge in [-0.3, -0.25) is 10.2 Å². The van der Waals surface area contributed by atoms with Gasteiger partial charge in [0.25, 0.3) is 0 Å². The van der Waals surface area contributed by atoms with Gasteiger partial charge < -0.3 is 5.11 Å². The maximum Gasteiger partial charge on any atom is 0.303 e. The fraction of sp³-hybridized carbons (Fsp3) is 0.750. The number of nitrogens with zero attached hydrogens (tertiary/aromatic N) is 1. The number of hydrogen-bond donors (Lipinski definition) is 2. The maximum absolute atomic E-state index is 11.0. The average Bonchev–Trinajstić information content (AvgIpc) is 2.62. The summed E-state index contributed by atoms with van der Waals surface area (Å²) in [5, 5.41) is 11.6. The Bertz CT molecular complexity index is 367. The van der Waals surface area contributed by atoms with Crippen LogP contribution in [0.25, 0.3) is 0 Å². The normalized spacial score (nSPS) is 34.5. The van der Waals surface area contributed by atoms with Crippen molar-refractivity contribution < 1.29 is 9.90 Å². The largest absolute Gasteiger partial charge is 0.481 e. The standard InChI is InChI=1S/C12H18N2O3/c1-2-8-3-9-5-12(6-11(15)16,7-13-14-17)10(9)4-8/h4,9-10H,2-3,5-7H2,1H3,(H,13,17)(H,15,16)/t9-,10-,12-/m1/s1. The molecule has 2 N–H and O–H groups in total. The van der Waals surface area contributed by atoms with Gasteiger partial charge in [-0.15, -0.1) is 4.91 Å². The second-order valence-corrected chi connectivity index (χ2v) is 5.23. The Morgan fingerprint density at radius 1 is 1.71 bits per heavy atom. The molecule has 17 heavy (non-hydrogen) atoms. The molecule has 0 amide bonds. The summed E-state index contributed by atoms with van der Waals surface area (Å²) >= 11 is 0. The minimum atomic E-state index is -0.797. The Kier molecular flexibility index (Phi) is 3.17. The summed E-state index contributed by atoms with van der Waals surface area (Å²) in [5.41, 5.74) is 3.54. The van der Waals surface area contributed by atoms with Gasteiger partial charge in [-0.2, -0.15) is 0 Å². The van der Waals surface area contributed by atoms with E-state index in [0.717, 1.165) is 19.3 Å². The van der Waals surface area contributed by atoms with E-state index in [1.165, 1.54) is 5.57 Å². The first-order valence-electron chi connectivity index (χ1n) is 6.08. The van der Waals surface area contributed by atoms with Gasteiger partial charge in [-0.05, 0) is 31.1 Å². The number of nitroso groups, excluding NO2 is 1. The van der Waals surface area contributed by atoms with Crippen LogP contribution in [0.1, 0.15) is 32.6 Å². The van der Waals surface area contributed by atoms with E-state index in [2.05, 4.69) is 23.7 Å². The lowest BCUT2D eigenvalue weighted by atomic mass is 9.53. The van der Waals surface area contributed by atoms with E-state index in [-0.39, 0.29) is 11.8 Å². The number of rotatable bonds is 6. The second kappa shape index (κ2) is 4.47. The van der Waals surface area contributed by atoms with Crippen LogP contribution in [-0.4, -0.2) is 17.6 Å². The van der Waals surface area contributed by atoms with Crippen LogP contribution >= 0.6 is 0 Å². The Balaban J connectivity index is 2.11. The molecule has 0 aromatic rings. The number of nitrogens with one attached hydrogen (secondary N) is 1. The predicted octanol–water partition coefficient (Wildman–Crippen LogP) is 2.09. The maximum atomic E-state index is 11.0. The lowest BCUT2D eigenvalue weighted by Gasteiger charge is -2.51. The van der Waals surface area contributed by atoms with Crippen molar-refractivity contribution in [1.29, 1.82) is 0 Å². The van der Waals surface area contributed by atoms with Crippen LogP contribution in [0.15, 0.2) is 16.9 Å². The summed E-state index contributed by atoms with van der Waals surface area (Å²) < 4.78 is 0. The zero-order chi connectivity index (χ0) is 12.5. The van der Waals surface area contributed by atoms with Crippen molar-refractivity contribution in [2.45, 2.75) is 32.6 Å². The highest BCUT2D eigenvalue weighted by Gasteiger charge is 2.55. The van der Waals surface area contributed by atoms with Crippen LogP contribution in [-0.2, 0) is 4.79 Å². The number of hydrogen-bond acceptors (Lipinski definition) is 3. The highest BCUT2D eigenvalue weighted by atomic mass is 16.4. The molecule has 2 aliphatic carbocycles. The molecule has 3 atom stereocenters. The molecule has 94 valence electrons. The van der Waals surface area contributed by atoms with E-state index in [4.69, 9.17) is 5.11 Å². The van der Waals surface area contributed by atoms with Crippen LogP contribution in [0.5, 0.6) is 0 Å². The van der Waals surface area contributed by atoms with Gasteiger partial charge in [0.05, 0.1) is 6.42 Å². The van der Waals surface area contributed by atoms with Crippen molar-refractivity contribution in [2.24, 2.45) is 22.5 Å². The Labute approximate surface area is 100 Å². The van der Waals surface area contributed by atoms with Crippen molar-refractivity contribution >= 4 is 5.97 Å². The number of fused-ring (bicyclic) bond motifs is 1. The Morgan fingerprint density at radius 3 is 3.06 bits per heavy atom. The van der Waals surface area contributed by atoms with E-state index in [0.29, 0.717) is 18.4 Å². The second-order valence-electron chi connectivity index (χ2n) is 5.23. The summed E-state index contributed by atoms with van der Waals surface area (Å²) in [5.74, 6) is 0.0926. The van der Waals surface area contributed by atoms with Gasteiger partial charge >= 0.3 is 5.97 Å². The van der Waals surface area contributed by atoms with E-state index in [9.17, 15) is 9.70 Å². The number of allylic oxidation sites excluding steroid dienone is 2. The van der Waals surface area contributed by atoms with E-state index in [1.807, 2.05) is 0 Å². The van der Waals surface area contributed by atoms with Gasteiger partial charge in [-0.1, -0.05) is 18.6 Å². The number of carbonyl (C=O) groups is 1. The van der Waals surface area contributed by atoms with E-state index >= 15 is 0 Å². The fourth-order valence-electron chi connectivity index (χ4n) is 3.49. The topological polar surface area (TPSA) is 78.8 Å². The third-order valence-electron chi connectivity index (χ3n) is 4.28. The van der Waals surface area contributed by atoms with Gasteiger partial charge in [0.2, 0.25) is 0 Å². The molecule has 5 heteroatoms. The molecule has 0 unspecified atom stereocenters. The molecule has 0 heterocycles. The van der Waals surface area contributed by atoms with Crippen molar-refractivity contribution in [3.63, 3.8) is 0 Å². The van der Waals surface area contributed by atoms with E-state index < -0.39 is 5.97 Å². The molecule has 0 aromatic carbocycles. The zero-order valence-corrected chi connectivity index (χ0v) is 9.98. The lowest BCUT2D eigenvalue weighted by molar-refractivity contribution is -0.144. The number of aliphatic carboxylic acids is 1. The third kappa shape index (κ3) is 2.06. The van der Waals surface area contributed by atoms with Crippen LogP contribution in [0, 0.1) is 22.2 Å². The zero-order valence-electron chi connectivity index (χ0n) is 9.98. The Hall–Kier alpha value is -1.39. The quantitative estimate of drug-likeness (QED) is 0.422. The molecular formula is C12H18N2O3. The highest BCUT2D eigenvalue weighted by Crippen LogP contribution is 2.59. The first kappa shape index (κ1) is 12.1. The molecule has 0 bridgehead atoms. The minimum Gasteiger partial charge on any atom is -0.481 e. The summed E-state index contributed by atoms with van der Waals surface area (Å²) in [4.78, 5) is 21.1. The lowest BCUT2D eigenvalue weighted by Crippen LogP contribution is -2.51. The number of carboxylic acids is 1. The van der Waals surface area contributed by atoms with Gasteiger partial charge in [0.15, 0.2) is 0 Å². The van der Waals surface area contributed by atoms with E-state index in [1.54, 1.807) is 0 Å². The summed E-state index contributed by atoms with van der Waals surface area (Å²) in [6, 6.07) is 0. The van der Waals surface area contributed by atoms with Crippen molar-refractivity contribution in [2.75, 3.05) is 6.54 Å². The van der Waals surface area contributed by atoms with Crippen LogP contribution in [0.3, 0.4) is 0 Å². The molecule has 0 spiro atoms. The molecular weight excluding hydrogens is 220 g/mol. The molecule has 5 nitrogen and oxygen atoms in total. The van der Waals surface area contributed by atoms with Crippen LogP contribution in [0.4, 0.5) is 0 Å². The Morgan fingerprint density at radius 2 is 2.47 bits per heavy atom. The molecule has 0 saturated heterocycles. The first-order chi connectivity index (χ1) is 8.11. The molecule has 0 aliphatic heterocycles. The smallest absolute Gasteiger partial charge is 0.303 e. The van der Waals surface area contributed by atoms with Crippen molar-refractivity contribution in [3.05, 3.63) is 16.6 Å². The summed E-state index contributed by atoms with van der Waals surface area (Å²) in [7, 11) is 0. The van der Waals surface area contributed by atoms with Crippen LogP contribution in [0.2, 0.25) is 0 Å².